The first-order chi connectivity index (χ1) is 18.9. The Morgan fingerprint density at radius 2 is 1.80 bits per heavy atom. The number of carbonyl (C=O) groups excluding carboxylic acids is 1. The summed E-state index contributed by atoms with van der Waals surface area (Å²) in [4.78, 5) is 31.9. The van der Waals surface area contributed by atoms with E-state index in [0.29, 0.717) is 16.9 Å². The zero-order valence-electron chi connectivity index (χ0n) is 22.2. The summed E-state index contributed by atoms with van der Waals surface area (Å²) in [5, 5.41) is 13.3. The highest BCUT2D eigenvalue weighted by Gasteiger charge is 2.48. The molecule has 4 aromatic rings. The number of carbonyl (C=O) groups is 2. The number of aromatic nitrogens is 2. The maximum absolute atomic E-state index is 14.2. The number of fused-ring (bicyclic) bond motifs is 2. The maximum atomic E-state index is 14.2. The maximum Gasteiger partial charge on any atom is 0.412 e. The van der Waals surface area contributed by atoms with Crippen molar-refractivity contribution in [3.63, 3.8) is 0 Å². The van der Waals surface area contributed by atoms with Gasteiger partial charge in [-0.2, -0.15) is 0 Å². The van der Waals surface area contributed by atoms with Gasteiger partial charge in [-0.25, -0.2) is 18.6 Å². The molecule has 3 heterocycles. The molecular formula is C29H27ClF2N4O4. The summed E-state index contributed by atoms with van der Waals surface area (Å²) >= 11 is 6.35. The van der Waals surface area contributed by atoms with Crippen LogP contribution in [0.4, 0.5) is 19.3 Å². The average molecular weight is 569 g/mol. The summed E-state index contributed by atoms with van der Waals surface area (Å²) in [5.74, 6) is -1.87. The van der Waals surface area contributed by atoms with E-state index in [9.17, 15) is 23.5 Å². The minimum Gasteiger partial charge on any atom is -0.485 e. The lowest BCUT2D eigenvalue weighted by Gasteiger charge is -2.37. The average Bonchev–Trinajstić information content (AvgIpc) is 3.38. The molecule has 0 radical (unpaired) electrons. The van der Waals surface area contributed by atoms with Gasteiger partial charge in [0.25, 0.3) is 5.91 Å². The minimum absolute atomic E-state index is 0.133. The van der Waals surface area contributed by atoms with Crippen LogP contribution in [0.3, 0.4) is 0 Å². The van der Waals surface area contributed by atoms with Gasteiger partial charge in [0, 0.05) is 17.8 Å². The lowest BCUT2D eigenvalue weighted by Crippen LogP contribution is -2.50. The Morgan fingerprint density at radius 1 is 1.12 bits per heavy atom. The van der Waals surface area contributed by atoms with Gasteiger partial charge in [0.1, 0.15) is 23.9 Å². The van der Waals surface area contributed by atoms with E-state index in [2.05, 4.69) is 10.3 Å². The smallest absolute Gasteiger partial charge is 0.412 e. The molecule has 0 saturated heterocycles. The van der Waals surface area contributed by atoms with E-state index in [1.54, 1.807) is 31.2 Å². The van der Waals surface area contributed by atoms with Crippen LogP contribution < -0.4 is 15.0 Å². The lowest BCUT2D eigenvalue weighted by molar-refractivity contribution is 0.0910. The van der Waals surface area contributed by atoms with E-state index in [1.165, 1.54) is 27.6 Å². The van der Waals surface area contributed by atoms with Gasteiger partial charge < -0.3 is 15.2 Å². The topological polar surface area (TPSA) is 96.2 Å². The summed E-state index contributed by atoms with van der Waals surface area (Å²) in [7, 11) is 0. The largest absolute Gasteiger partial charge is 0.485 e. The second-order valence-electron chi connectivity index (χ2n) is 10.7. The van der Waals surface area contributed by atoms with Crippen molar-refractivity contribution in [3.05, 3.63) is 93.9 Å². The first-order valence-corrected chi connectivity index (χ1v) is 12.9. The molecule has 0 fully saturated rings. The van der Waals surface area contributed by atoms with Gasteiger partial charge in [-0.3, -0.25) is 14.1 Å². The molecule has 40 heavy (non-hydrogen) atoms. The molecule has 0 saturated carbocycles. The third-order valence-electron chi connectivity index (χ3n) is 6.98. The van der Waals surface area contributed by atoms with Crippen molar-refractivity contribution in [2.75, 3.05) is 4.90 Å². The normalized spacial score (nSPS) is 16.7. The first-order valence-electron chi connectivity index (χ1n) is 12.5. The third-order valence-corrected chi connectivity index (χ3v) is 7.19. The van der Waals surface area contributed by atoms with Crippen molar-refractivity contribution in [1.82, 2.24) is 14.7 Å². The number of anilines is 1. The number of nitrogens with one attached hydrogen (secondary N) is 1. The molecule has 1 aliphatic heterocycles. The summed E-state index contributed by atoms with van der Waals surface area (Å²) in [6.07, 6.45) is 0.380. The molecule has 208 valence electrons. The molecule has 0 spiro atoms. The minimum atomic E-state index is -1.12. The third kappa shape index (κ3) is 4.72. The van der Waals surface area contributed by atoms with E-state index < -0.39 is 47.7 Å². The van der Waals surface area contributed by atoms with E-state index >= 15 is 0 Å². The highest BCUT2D eigenvalue weighted by Crippen LogP contribution is 2.46. The van der Waals surface area contributed by atoms with Crippen LogP contribution in [-0.4, -0.2) is 32.5 Å². The van der Waals surface area contributed by atoms with E-state index in [0.717, 1.165) is 12.1 Å². The van der Waals surface area contributed by atoms with Crippen molar-refractivity contribution in [3.8, 4) is 5.75 Å². The van der Waals surface area contributed by atoms with Crippen LogP contribution in [0.25, 0.3) is 5.65 Å². The number of aryl methyl sites for hydroxylation is 1. The number of amides is 2. The predicted octanol–water partition coefficient (Wildman–Crippen LogP) is 6.54. The molecule has 0 aliphatic carbocycles. The molecule has 2 unspecified atom stereocenters. The van der Waals surface area contributed by atoms with Crippen molar-refractivity contribution in [1.29, 1.82) is 0 Å². The van der Waals surface area contributed by atoms with Crippen LogP contribution in [0, 0.1) is 24.0 Å². The van der Waals surface area contributed by atoms with Crippen molar-refractivity contribution in [2.45, 2.75) is 46.4 Å². The Balaban J connectivity index is 1.52. The van der Waals surface area contributed by atoms with Crippen molar-refractivity contribution < 1.29 is 28.2 Å². The molecule has 2 amide bonds. The van der Waals surface area contributed by atoms with Crippen LogP contribution in [-0.2, 0) is 6.61 Å². The summed E-state index contributed by atoms with van der Waals surface area (Å²) in [6, 6.07) is 10.8. The second kappa shape index (κ2) is 10.1. The molecule has 2 aromatic carbocycles. The van der Waals surface area contributed by atoms with Crippen LogP contribution >= 0.6 is 11.6 Å². The number of ether oxygens (including phenoxy) is 1. The monoisotopic (exact) mass is 568 g/mol. The van der Waals surface area contributed by atoms with Gasteiger partial charge in [-0.15, -0.1) is 0 Å². The molecule has 8 nitrogen and oxygen atoms in total. The SMILES string of the molecule is Cc1nc2c(OCc3c(F)cccc3F)cc(Cl)cn2c1C(=O)NC1c2ccccc2N(C(=O)O)C1C(C)(C)C. The van der Waals surface area contributed by atoms with E-state index in [-0.39, 0.29) is 27.7 Å². The first kappa shape index (κ1) is 27.4. The van der Waals surface area contributed by atoms with Gasteiger partial charge in [-0.1, -0.05) is 56.6 Å². The highest BCUT2D eigenvalue weighted by atomic mass is 35.5. The highest BCUT2D eigenvalue weighted by molar-refractivity contribution is 6.30. The van der Waals surface area contributed by atoms with Crippen LogP contribution in [0.15, 0.2) is 54.7 Å². The second-order valence-corrected chi connectivity index (χ2v) is 11.2. The number of para-hydroxylation sites is 1. The number of benzene rings is 2. The van der Waals surface area contributed by atoms with Crippen LogP contribution in [0.1, 0.15) is 54.1 Å². The van der Waals surface area contributed by atoms with E-state index in [4.69, 9.17) is 16.3 Å². The summed E-state index contributed by atoms with van der Waals surface area (Å²) < 4.78 is 35.5. The zero-order chi connectivity index (χ0) is 28.9. The number of rotatable bonds is 5. The zero-order valence-corrected chi connectivity index (χ0v) is 23.0. The number of imidazole rings is 1. The quantitative estimate of drug-likeness (QED) is 0.285. The van der Waals surface area contributed by atoms with Gasteiger partial charge in [0.15, 0.2) is 11.4 Å². The fourth-order valence-corrected chi connectivity index (χ4v) is 5.51. The number of carboxylic acid groups (broad SMARTS) is 1. The van der Waals surface area contributed by atoms with Crippen LogP contribution in [0.2, 0.25) is 5.02 Å². The molecule has 5 rings (SSSR count). The Kier molecular flexibility index (Phi) is 6.91. The number of pyridine rings is 1. The fourth-order valence-electron chi connectivity index (χ4n) is 5.31. The van der Waals surface area contributed by atoms with Gasteiger partial charge in [0.05, 0.1) is 34.1 Å². The number of halogens is 3. The Hall–Kier alpha value is -4.18. The molecular weight excluding hydrogens is 542 g/mol. The Morgan fingerprint density at radius 3 is 2.45 bits per heavy atom. The summed E-state index contributed by atoms with van der Waals surface area (Å²) in [5.41, 5.74) is 1.16. The molecule has 1 aliphatic rings. The molecule has 2 aromatic heterocycles. The Bertz CT molecular complexity index is 1630. The molecule has 2 N–H and O–H groups in total. The predicted molar refractivity (Wildman–Crippen MR) is 146 cm³/mol. The standard InChI is InChI=1S/C29H27ClF2N4O4/c1-15-24(27(37)34-23-17-8-5-6-11-21(17)36(28(38)39)25(23)29(2,3)4)35-13-16(30)12-22(26(35)33-15)40-14-18-19(31)9-7-10-20(18)32/h5-13,23,25H,14H2,1-4H3,(H,34,37)(H,38,39). The lowest BCUT2D eigenvalue weighted by atomic mass is 9.81. The van der Waals surface area contributed by atoms with Crippen molar-refractivity contribution in [2.24, 2.45) is 5.41 Å². The molecule has 0 bridgehead atoms. The molecule has 11 heteroatoms. The Labute approximate surface area is 234 Å². The van der Waals surface area contributed by atoms with Gasteiger partial charge >= 0.3 is 6.09 Å². The van der Waals surface area contributed by atoms with E-state index in [1.807, 2.05) is 20.8 Å². The molecule has 2 atom stereocenters. The number of hydrogen-bond donors (Lipinski definition) is 2. The van der Waals surface area contributed by atoms with Gasteiger partial charge in [-0.05, 0) is 30.5 Å². The number of nitrogens with zero attached hydrogens (tertiary/aromatic N) is 3. The van der Waals surface area contributed by atoms with Crippen molar-refractivity contribution >= 4 is 34.9 Å². The van der Waals surface area contributed by atoms with Gasteiger partial charge in [0.2, 0.25) is 0 Å². The summed E-state index contributed by atoms with van der Waals surface area (Å²) in [6.45, 7) is 6.97. The fraction of sp³-hybridized carbons (Fsp3) is 0.276. The van der Waals surface area contributed by atoms with Crippen LogP contribution in [0.5, 0.6) is 5.75 Å². The number of hydrogen-bond acceptors (Lipinski definition) is 4.